The minimum atomic E-state index is -1.01. The monoisotopic (exact) mass is 635 g/mol. The van der Waals surface area contributed by atoms with Crippen LogP contribution in [0.15, 0.2) is 48.5 Å². The number of carboxylic acid groups (broad SMARTS) is 1. The molecule has 9 nitrogen and oxygen atoms in total. The molecule has 0 unspecified atom stereocenters. The third-order valence-electron chi connectivity index (χ3n) is 8.62. The van der Waals surface area contributed by atoms with Crippen LogP contribution >= 0.6 is 0 Å². The summed E-state index contributed by atoms with van der Waals surface area (Å²) in [7, 11) is 0. The normalized spacial score (nSPS) is 17.0. The summed E-state index contributed by atoms with van der Waals surface area (Å²) >= 11 is 0. The Balaban J connectivity index is 1.16. The minimum Gasteiger partial charge on any atom is -0.478 e. The molecule has 2 aliphatic rings. The number of nitriles is 1. The number of likely N-dealkylation sites (tertiary alicyclic amines) is 1. The fraction of sp³-hybridized carbons (Fsp3) is 0.405. The van der Waals surface area contributed by atoms with E-state index in [4.69, 9.17) is 24.7 Å². The van der Waals surface area contributed by atoms with Gasteiger partial charge in [0.1, 0.15) is 18.2 Å². The van der Waals surface area contributed by atoms with E-state index in [-0.39, 0.29) is 35.2 Å². The number of halogens is 1. The van der Waals surface area contributed by atoms with E-state index in [2.05, 4.69) is 21.3 Å². The average Bonchev–Trinajstić information content (AvgIpc) is 3.36. The number of carbonyl (C=O) groups is 1. The number of imidazole rings is 1. The van der Waals surface area contributed by atoms with Gasteiger partial charge in [0.15, 0.2) is 0 Å². The number of aromatic nitrogens is 3. The zero-order valence-corrected chi connectivity index (χ0v) is 26.9. The molecule has 2 aliphatic heterocycles. The lowest BCUT2D eigenvalue weighted by Gasteiger charge is -2.32. The Morgan fingerprint density at radius 1 is 1.13 bits per heavy atom. The van der Waals surface area contributed by atoms with Crippen molar-refractivity contribution in [2.24, 2.45) is 5.41 Å². The second-order valence-electron chi connectivity index (χ2n) is 13.3. The zero-order valence-electron chi connectivity index (χ0n) is 26.9. The van der Waals surface area contributed by atoms with Crippen molar-refractivity contribution in [3.63, 3.8) is 0 Å². The van der Waals surface area contributed by atoms with Crippen molar-refractivity contribution in [2.45, 2.75) is 71.8 Å². The molecule has 4 aromatic rings. The first-order valence-corrected chi connectivity index (χ1v) is 16.0. The lowest BCUT2D eigenvalue weighted by atomic mass is 9.93. The van der Waals surface area contributed by atoms with E-state index in [1.54, 1.807) is 24.3 Å². The largest absolute Gasteiger partial charge is 0.478 e. The van der Waals surface area contributed by atoms with Gasteiger partial charge in [0.25, 0.3) is 0 Å². The second-order valence-corrected chi connectivity index (χ2v) is 13.3. The van der Waals surface area contributed by atoms with Crippen LogP contribution in [0.3, 0.4) is 0 Å². The molecule has 2 saturated heterocycles. The smallest absolute Gasteiger partial charge is 0.337 e. The number of hydrogen-bond donors (Lipinski definition) is 1. The van der Waals surface area contributed by atoms with Crippen LogP contribution in [0.1, 0.15) is 84.5 Å². The van der Waals surface area contributed by atoms with E-state index in [1.165, 1.54) is 6.07 Å². The number of ether oxygens (including phenoxy) is 2. The molecule has 0 amide bonds. The Labute approximate surface area is 274 Å². The number of rotatable bonds is 9. The number of fused-ring (bicyclic) bond motifs is 1. The standard InChI is InChI=1S/C37H38FN5O4/c1-37(2,3)13-9-26-18-32-33(19-29(26)36(44)45)43(21-28-12-16-46-28)34(40-32)22-42-14-10-25(11-15-42)31-5-4-6-35(41-31)47-23-27-8-7-24(20-39)17-30(27)38/h4-8,17-19,25,28H,10-12,14-16,21-23H2,1-3H3,(H,44,45)/t28-/m0/s1. The summed E-state index contributed by atoms with van der Waals surface area (Å²) in [6.07, 6.45) is 2.86. The molecule has 2 aromatic carbocycles. The van der Waals surface area contributed by atoms with Crippen molar-refractivity contribution in [3.8, 4) is 23.8 Å². The average molecular weight is 636 g/mol. The zero-order chi connectivity index (χ0) is 33.1. The lowest BCUT2D eigenvalue weighted by Crippen LogP contribution is -2.35. The summed E-state index contributed by atoms with van der Waals surface area (Å²) in [4.78, 5) is 24.4. The highest BCUT2D eigenvalue weighted by atomic mass is 19.1. The van der Waals surface area contributed by atoms with Crippen LogP contribution in [-0.2, 0) is 24.4 Å². The fourth-order valence-electron chi connectivity index (χ4n) is 5.92. The minimum absolute atomic E-state index is 0.0257. The molecular formula is C37H38FN5O4. The van der Waals surface area contributed by atoms with Crippen molar-refractivity contribution in [1.29, 1.82) is 5.26 Å². The second kappa shape index (κ2) is 13.5. The molecule has 0 saturated carbocycles. The van der Waals surface area contributed by atoms with Gasteiger partial charge in [-0.3, -0.25) is 4.90 Å². The van der Waals surface area contributed by atoms with Crippen LogP contribution in [0.25, 0.3) is 11.0 Å². The summed E-state index contributed by atoms with van der Waals surface area (Å²) in [5.41, 5.74) is 3.49. The molecule has 2 aromatic heterocycles. The number of pyridine rings is 1. The quantitative estimate of drug-likeness (QED) is 0.214. The van der Waals surface area contributed by atoms with Gasteiger partial charge in [-0.05, 0) is 83.5 Å². The van der Waals surface area contributed by atoms with E-state index < -0.39 is 11.8 Å². The highest BCUT2D eigenvalue weighted by Crippen LogP contribution is 2.30. The highest BCUT2D eigenvalue weighted by Gasteiger charge is 2.27. The molecule has 1 atom stereocenters. The predicted molar refractivity (Wildman–Crippen MR) is 174 cm³/mol. The summed E-state index contributed by atoms with van der Waals surface area (Å²) in [6, 6.07) is 15.5. The van der Waals surface area contributed by atoms with Gasteiger partial charge in [0.2, 0.25) is 5.88 Å². The molecule has 242 valence electrons. The highest BCUT2D eigenvalue weighted by molar-refractivity contribution is 5.96. The van der Waals surface area contributed by atoms with Gasteiger partial charge in [0.05, 0.1) is 47.4 Å². The van der Waals surface area contributed by atoms with Crippen LogP contribution < -0.4 is 4.74 Å². The van der Waals surface area contributed by atoms with E-state index in [0.717, 1.165) is 61.5 Å². The van der Waals surface area contributed by atoms with Crippen molar-refractivity contribution >= 4 is 17.0 Å². The Morgan fingerprint density at radius 2 is 1.91 bits per heavy atom. The molecule has 6 rings (SSSR count). The first-order valence-electron chi connectivity index (χ1n) is 16.0. The van der Waals surface area contributed by atoms with Crippen LogP contribution in [0.2, 0.25) is 0 Å². The molecule has 0 bridgehead atoms. The van der Waals surface area contributed by atoms with Crippen LogP contribution in [0.5, 0.6) is 5.88 Å². The van der Waals surface area contributed by atoms with Gasteiger partial charge >= 0.3 is 5.97 Å². The van der Waals surface area contributed by atoms with Crippen LogP contribution in [0.4, 0.5) is 4.39 Å². The lowest BCUT2D eigenvalue weighted by molar-refractivity contribution is -0.0592. The maximum Gasteiger partial charge on any atom is 0.337 e. The summed E-state index contributed by atoms with van der Waals surface area (Å²) in [6.45, 7) is 9.70. The van der Waals surface area contributed by atoms with Crippen molar-refractivity contribution in [1.82, 2.24) is 19.4 Å². The Hall–Kier alpha value is -4.77. The van der Waals surface area contributed by atoms with Crippen LogP contribution in [-0.4, -0.2) is 56.3 Å². The van der Waals surface area contributed by atoms with E-state index >= 15 is 0 Å². The molecule has 0 spiro atoms. The number of nitrogens with zero attached hydrogens (tertiary/aromatic N) is 5. The SMILES string of the molecule is CC(C)(C)C#Cc1cc2nc(CN3CCC(c4cccc(OCc5ccc(C#N)cc5F)n4)CC3)n(C[C@@H]3CCO3)c2cc1C(=O)O. The molecular weight excluding hydrogens is 597 g/mol. The molecule has 4 heterocycles. The fourth-order valence-corrected chi connectivity index (χ4v) is 5.92. The maximum atomic E-state index is 14.3. The van der Waals surface area contributed by atoms with E-state index in [1.807, 2.05) is 45.0 Å². The topological polar surface area (TPSA) is 114 Å². The van der Waals surface area contributed by atoms with E-state index in [0.29, 0.717) is 30.1 Å². The number of carboxylic acids is 1. The van der Waals surface area contributed by atoms with Crippen molar-refractivity contribution < 1.29 is 23.8 Å². The molecule has 1 N–H and O–H groups in total. The third kappa shape index (κ3) is 7.62. The third-order valence-corrected chi connectivity index (χ3v) is 8.62. The number of aromatic carboxylic acids is 1. The van der Waals surface area contributed by atoms with E-state index in [9.17, 15) is 14.3 Å². The van der Waals surface area contributed by atoms with Crippen LogP contribution in [0, 0.1) is 34.4 Å². The summed E-state index contributed by atoms with van der Waals surface area (Å²) in [5, 5.41) is 19.0. The summed E-state index contributed by atoms with van der Waals surface area (Å²) < 4.78 is 28.0. The summed E-state index contributed by atoms with van der Waals surface area (Å²) in [5.74, 6) is 6.35. The molecule has 0 aliphatic carbocycles. The van der Waals surface area contributed by atoms with Gasteiger partial charge in [0, 0.05) is 40.8 Å². The number of hydrogen-bond acceptors (Lipinski definition) is 7. The first kappa shape index (κ1) is 32.2. The van der Waals surface area contributed by atoms with Crippen molar-refractivity contribution in [2.75, 3.05) is 19.7 Å². The molecule has 0 radical (unpaired) electrons. The van der Waals surface area contributed by atoms with Gasteiger partial charge in [-0.1, -0.05) is 24.0 Å². The number of piperidine rings is 1. The van der Waals surface area contributed by atoms with Gasteiger partial charge < -0.3 is 19.1 Å². The Morgan fingerprint density at radius 3 is 2.57 bits per heavy atom. The first-order chi connectivity index (χ1) is 22.6. The van der Waals surface area contributed by atoms with Gasteiger partial charge in [-0.15, -0.1) is 0 Å². The molecule has 2 fully saturated rings. The molecule has 10 heteroatoms. The predicted octanol–water partition coefficient (Wildman–Crippen LogP) is 6.29. The van der Waals surface area contributed by atoms with Gasteiger partial charge in [-0.2, -0.15) is 5.26 Å². The van der Waals surface area contributed by atoms with Crippen molar-refractivity contribution in [3.05, 3.63) is 88.1 Å². The Kier molecular flexibility index (Phi) is 9.26. The molecule has 47 heavy (non-hydrogen) atoms. The van der Waals surface area contributed by atoms with Gasteiger partial charge in [-0.25, -0.2) is 19.2 Å². The Bertz CT molecular complexity index is 1900. The number of benzene rings is 2. The maximum absolute atomic E-state index is 14.3.